The van der Waals surface area contributed by atoms with Crippen molar-refractivity contribution >= 4 is 10.0 Å². The van der Waals surface area contributed by atoms with E-state index in [9.17, 15) is 8.42 Å². The van der Waals surface area contributed by atoms with Gasteiger partial charge in [0.05, 0.1) is 12.4 Å². The van der Waals surface area contributed by atoms with E-state index in [0.717, 1.165) is 19.5 Å². The van der Waals surface area contributed by atoms with Crippen molar-refractivity contribution in [1.29, 1.82) is 0 Å². The third kappa shape index (κ3) is 9.08. The van der Waals surface area contributed by atoms with Gasteiger partial charge in [-0.3, -0.25) is 0 Å². The van der Waals surface area contributed by atoms with Crippen molar-refractivity contribution < 1.29 is 13.2 Å². The van der Waals surface area contributed by atoms with Gasteiger partial charge in [-0.2, -0.15) is 0 Å². The standard InChI is InChI=1S/C10H24N2O3S/c1-4-6-11-7-5-8-16(13,14)12-10(2)9-15-3/h10-12H,4-9H2,1-3H3. The topological polar surface area (TPSA) is 67.4 Å². The summed E-state index contributed by atoms with van der Waals surface area (Å²) in [5, 5.41) is 3.17. The van der Waals surface area contributed by atoms with E-state index in [1.807, 2.05) is 0 Å². The first-order valence-corrected chi connectivity index (χ1v) is 7.36. The lowest BCUT2D eigenvalue weighted by atomic mass is 10.4. The van der Waals surface area contributed by atoms with Crippen LogP contribution in [0.25, 0.3) is 0 Å². The average Bonchev–Trinajstić information content (AvgIpc) is 2.16. The first kappa shape index (κ1) is 15.8. The van der Waals surface area contributed by atoms with Crippen molar-refractivity contribution in [3.8, 4) is 0 Å². The molecule has 0 bridgehead atoms. The normalized spacial score (nSPS) is 13.9. The number of rotatable bonds is 10. The van der Waals surface area contributed by atoms with Crippen molar-refractivity contribution in [3.63, 3.8) is 0 Å². The Morgan fingerprint density at radius 1 is 1.31 bits per heavy atom. The number of methoxy groups -OCH3 is 1. The van der Waals surface area contributed by atoms with E-state index in [0.29, 0.717) is 13.0 Å². The summed E-state index contributed by atoms with van der Waals surface area (Å²) in [7, 11) is -1.61. The van der Waals surface area contributed by atoms with Gasteiger partial charge in [0.2, 0.25) is 10.0 Å². The second kappa shape index (κ2) is 8.92. The number of hydrogen-bond donors (Lipinski definition) is 2. The van der Waals surface area contributed by atoms with E-state index in [-0.39, 0.29) is 11.8 Å². The Kier molecular flexibility index (Phi) is 8.83. The molecule has 98 valence electrons. The lowest BCUT2D eigenvalue weighted by molar-refractivity contribution is 0.180. The van der Waals surface area contributed by atoms with Gasteiger partial charge < -0.3 is 10.1 Å². The van der Waals surface area contributed by atoms with Crippen LogP contribution in [0.2, 0.25) is 0 Å². The molecule has 16 heavy (non-hydrogen) atoms. The molecule has 0 aromatic heterocycles. The molecule has 0 saturated heterocycles. The number of ether oxygens (including phenoxy) is 1. The van der Waals surface area contributed by atoms with Crippen LogP contribution in [-0.2, 0) is 14.8 Å². The van der Waals surface area contributed by atoms with Crippen molar-refractivity contribution in [3.05, 3.63) is 0 Å². The van der Waals surface area contributed by atoms with E-state index in [1.54, 1.807) is 14.0 Å². The second-order valence-electron chi connectivity index (χ2n) is 3.90. The first-order chi connectivity index (χ1) is 7.52. The van der Waals surface area contributed by atoms with Gasteiger partial charge in [0.25, 0.3) is 0 Å². The van der Waals surface area contributed by atoms with Gasteiger partial charge in [-0.1, -0.05) is 6.92 Å². The van der Waals surface area contributed by atoms with Crippen LogP contribution in [0.1, 0.15) is 26.7 Å². The molecule has 0 saturated carbocycles. The molecule has 0 aliphatic carbocycles. The van der Waals surface area contributed by atoms with Gasteiger partial charge in [-0.15, -0.1) is 0 Å². The van der Waals surface area contributed by atoms with E-state index >= 15 is 0 Å². The van der Waals surface area contributed by atoms with E-state index in [1.165, 1.54) is 0 Å². The second-order valence-corrected chi connectivity index (χ2v) is 5.77. The summed E-state index contributed by atoms with van der Waals surface area (Å²) in [6.45, 7) is 5.95. The van der Waals surface area contributed by atoms with Crippen molar-refractivity contribution in [2.75, 3.05) is 32.6 Å². The van der Waals surface area contributed by atoms with Crippen LogP contribution in [0.5, 0.6) is 0 Å². The molecule has 0 aliphatic heterocycles. The maximum Gasteiger partial charge on any atom is 0.211 e. The lowest BCUT2D eigenvalue weighted by Gasteiger charge is -2.13. The lowest BCUT2D eigenvalue weighted by Crippen LogP contribution is -2.37. The number of sulfonamides is 1. The van der Waals surface area contributed by atoms with Crippen LogP contribution in [0.15, 0.2) is 0 Å². The Balaban J connectivity index is 3.70. The molecular formula is C10H24N2O3S. The SMILES string of the molecule is CCCNCCCS(=O)(=O)NC(C)COC. The van der Waals surface area contributed by atoms with Crippen LogP contribution in [0, 0.1) is 0 Å². The molecule has 5 nitrogen and oxygen atoms in total. The molecule has 1 atom stereocenters. The highest BCUT2D eigenvalue weighted by atomic mass is 32.2. The molecule has 0 aromatic carbocycles. The smallest absolute Gasteiger partial charge is 0.211 e. The quantitative estimate of drug-likeness (QED) is 0.550. The van der Waals surface area contributed by atoms with Crippen LogP contribution >= 0.6 is 0 Å². The Morgan fingerprint density at radius 3 is 2.56 bits per heavy atom. The largest absolute Gasteiger partial charge is 0.383 e. The molecule has 0 fully saturated rings. The molecule has 0 radical (unpaired) electrons. The zero-order chi connectivity index (χ0) is 12.4. The summed E-state index contributed by atoms with van der Waals surface area (Å²) in [4.78, 5) is 0. The number of nitrogens with one attached hydrogen (secondary N) is 2. The first-order valence-electron chi connectivity index (χ1n) is 5.71. The van der Waals surface area contributed by atoms with Gasteiger partial charge in [0.15, 0.2) is 0 Å². The van der Waals surface area contributed by atoms with Crippen LogP contribution in [0.3, 0.4) is 0 Å². The zero-order valence-corrected chi connectivity index (χ0v) is 11.3. The van der Waals surface area contributed by atoms with Gasteiger partial charge in [-0.05, 0) is 32.9 Å². The fourth-order valence-corrected chi connectivity index (χ4v) is 2.66. The summed E-state index contributed by atoms with van der Waals surface area (Å²) in [6.07, 6.45) is 1.70. The highest BCUT2D eigenvalue weighted by molar-refractivity contribution is 7.89. The summed E-state index contributed by atoms with van der Waals surface area (Å²) in [6, 6.07) is -0.168. The summed E-state index contributed by atoms with van der Waals surface area (Å²) in [5.41, 5.74) is 0. The molecule has 0 amide bonds. The summed E-state index contributed by atoms with van der Waals surface area (Å²) < 4.78 is 30.5. The molecule has 6 heteroatoms. The Hall–Kier alpha value is -0.170. The molecule has 0 spiro atoms. The minimum Gasteiger partial charge on any atom is -0.383 e. The van der Waals surface area contributed by atoms with Crippen molar-refractivity contribution in [2.45, 2.75) is 32.7 Å². The zero-order valence-electron chi connectivity index (χ0n) is 10.5. The fraction of sp³-hybridized carbons (Fsp3) is 1.00. The summed E-state index contributed by atoms with van der Waals surface area (Å²) in [5.74, 6) is 0.164. The van der Waals surface area contributed by atoms with E-state index < -0.39 is 10.0 Å². The third-order valence-electron chi connectivity index (χ3n) is 1.99. The van der Waals surface area contributed by atoms with Crippen molar-refractivity contribution in [2.24, 2.45) is 0 Å². The van der Waals surface area contributed by atoms with Gasteiger partial charge in [-0.25, -0.2) is 13.1 Å². The third-order valence-corrected chi connectivity index (χ3v) is 3.58. The molecule has 2 N–H and O–H groups in total. The van der Waals surface area contributed by atoms with Crippen LogP contribution in [0.4, 0.5) is 0 Å². The molecule has 0 aliphatic rings. The predicted octanol–water partition coefficient (Wildman–Crippen LogP) is 0.330. The molecule has 0 heterocycles. The van der Waals surface area contributed by atoms with Gasteiger partial charge in [0.1, 0.15) is 0 Å². The van der Waals surface area contributed by atoms with E-state index in [2.05, 4.69) is 17.0 Å². The Labute approximate surface area is 99.0 Å². The van der Waals surface area contributed by atoms with E-state index in [4.69, 9.17) is 4.74 Å². The van der Waals surface area contributed by atoms with Crippen LogP contribution < -0.4 is 10.0 Å². The number of hydrogen-bond acceptors (Lipinski definition) is 4. The highest BCUT2D eigenvalue weighted by Crippen LogP contribution is 1.93. The maximum atomic E-state index is 11.6. The Bertz CT molecular complexity index is 255. The van der Waals surface area contributed by atoms with Gasteiger partial charge in [0, 0.05) is 13.2 Å². The molecule has 0 rings (SSSR count). The highest BCUT2D eigenvalue weighted by Gasteiger charge is 2.13. The monoisotopic (exact) mass is 252 g/mol. The minimum atomic E-state index is -3.16. The minimum absolute atomic E-state index is 0.164. The predicted molar refractivity (Wildman–Crippen MR) is 66.0 cm³/mol. The fourth-order valence-electron chi connectivity index (χ4n) is 1.34. The molecule has 1 unspecified atom stereocenters. The van der Waals surface area contributed by atoms with Crippen molar-refractivity contribution in [1.82, 2.24) is 10.0 Å². The molecular weight excluding hydrogens is 228 g/mol. The maximum absolute atomic E-state index is 11.6. The average molecular weight is 252 g/mol. The molecule has 0 aromatic rings. The van der Waals surface area contributed by atoms with Gasteiger partial charge >= 0.3 is 0 Å². The Morgan fingerprint density at radius 2 is 2.00 bits per heavy atom. The summed E-state index contributed by atoms with van der Waals surface area (Å²) >= 11 is 0. The van der Waals surface area contributed by atoms with Crippen LogP contribution in [-0.4, -0.2) is 47.0 Å².